The molecule has 0 atom stereocenters. The molecule has 7 nitrogen and oxygen atoms in total. The van der Waals surface area contributed by atoms with E-state index in [2.05, 4.69) is 31.6 Å². The SMILES string of the molecule is COc1ccc(N2CCN(CCCCc3c[nH]c4ccc(NS(C)(=O)=O)cc34)CC2)cc1. The van der Waals surface area contributed by atoms with Crippen molar-refractivity contribution in [1.82, 2.24) is 9.88 Å². The van der Waals surface area contributed by atoms with Gasteiger partial charge >= 0.3 is 0 Å². The highest BCUT2D eigenvalue weighted by Crippen LogP contribution is 2.25. The Hall–Kier alpha value is -2.71. The lowest BCUT2D eigenvalue weighted by atomic mass is 10.1. The quantitative estimate of drug-likeness (QED) is 0.480. The number of nitrogens with one attached hydrogen (secondary N) is 2. The molecule has 2 aromatic carbocycles. The van der Waals surface area contributed by atoms with E-state index >= 15 is 0 Å². The van der Waals surface area contributed by atoms with E-state index in [4.69, 9.17) is 4.74 Å². The van der Waals surface area contributed by atoms with Crippen LogP contribution in [0.3, 0.4) is 0 Å². The molecule has 1 aromatic heterocycles. The average Bonchev–Trinajstić information content (AvgIpc) is 3.18. The van der Waals surface area contributed by atoms with Crippen molar-refractivity contribution in [2.45, 2.75) is 19.3 Å². The lowest BCUT2D eigenvalue weighted by Crippen LogP contribution is -2.46. The van der Waals surface area contributed by atoms with E-state index in [1.807, 2.05) is 30.5 Å². The monoisotopic (exact) mass is 456 g/mol. The normalized spacial score (nSPS) is 15.2. The number of nitrogens with zero attached hydrogens (tertiary/aromatic N) is 2. The molecule has 0 amide bonds. The van der Waals surface area contributed by atoms with Crippen LogP contribution in [-0.4, -0.2) is 64.4 Å². The molecule has 0 aliphatic carbocycles. The van der Waals surface area contributed by atoms with Gasteiger partial charge in [-0.1, -0.05) is 0 Å². The van der Waals surface area contributed by atoms with Crippen LogP contribution in [0.4, 0.5) is 11.4 Å². The summed E-state index contributed by atoms with van der Waals surface area (Å²) in [5.41, 5.74) is 4.14. The Morgan fingerprint density at radius 2 is 1.78 bits per heavy atom. The van der Waals surface area contributed by atoms with E-state index in [0.29, 0.717) is 5.69 Å². The van der Waals surface area contributed by atoms with Gasteiger partial charge in [-0.3, -0.25) is 9.62 Å². The van der Waals surface area contributed by atoms with Crippen molar-refractivity contribution in [3.63, 3.8) is 0 Å². The number of anilines is 2. The maximum atomic E-state index is 11.5. The van der Waals surface area contributed by atoms with Crippen molar-refractivity contribution < 1.29 is 13.2 Å². The third kappa shape index (κ3) is 5.75. The minimum atomic E-state index is -3.27. The number of piperazine rings is 1. The maximum absolute atomic E-state index is 11.5. The van der Waals surface area contributed by atoms with Crippen molar-refractivity contribution in [2.75, 3.05) is 55.7 Å². The van der Waals surface area contributed by atoms with Gasteiger partial charge in [0, 0.05) is 54.7 Å². The lowest BCUT2D eigenvalue weighted by molar-refractivity contribution is 0.253. The number of sulfonamides is 1. The summed E-state index contributed by atoms with van der Waals surface area (Å²) in [6.45, 7) is 5.37. The Morgan fingerprint density at radius 3 is 2.47 bits per heavy atom. The first kappa shape index (κ1) is 22.5. The molecule has 0 bridgehead atoms. The summed E-state index contributed by atoms with van der Waals surface area (Å²) in [4.78, 5) is 8.27. The van der Waals surface area contributed by atoms with Crippen LogP contribution in [0.25, 0.3) is 10.9 Å². The Morgan fingerprint density at radius 1 is 1.03 bits per heavy atom. The van der Waals surface area contributed by atoms with Crippen LogP contribution in [-0.2, 0) is 16.4 Å². The molecule has 1 aliphatic rings. The summed E-state index contributed by atoms with van der Waals surface area (Å²) in [7, 11) is -1.58. The first-order valence-corrected chi connectivity index (χ1v) is 13.0. The highest BCUT2D eigenvalue weighted by atomic mass is 32.2. The van der Waals surface area contributed by atoms with E-state index < -0.39 is 10.0 Å². The second-order valence-electron chi connectivity index (χ2n) is 8.43. The molecule has 2 heterocycles. The number of aryl methyl sites for hydroxylation is 1. The van der Waals surface area contributed by atoms with Crippen molar-refractivity contribution in [3.8, 4) is 5.75 Å². The molecule has 4 rings (SSSR count). The fourth-order valence-corrected chi connectivity index (χ4v) is 4.89. The highest BCUT2D eigenvalue weighted by Gasteiger charge is 2.17. The number of aromatic amines is 1. The molecule has 0 radical (unpaired) electrons. The number of unbranched alkanes of at least 4 members (excludes halogenated alkanes) is 1. The van der Waals surface area contributed by atoms with Gasteiger partial charge in [0.1, 0.15) is 5.75 Å². The molecule has 1 fully saturated rings. The van der Waals surface area contributed by atoms with Crippen LogP contribution in [0.5, 0.6) is 5.75 Å². The van der Waals surface area contributed by atoms with E-state index in [1.54, 1.807) is 13.2 Å². The molecule has 3 aromatic rings. The molecule has 1 aliphatic heterocycles. The zero-order valence-corrected chi connectivity index (χ0v) is 19.6. The van der Waals surface area contributed by atoms with Crippen LogP contribution in [0, 0.1) is 0 Å². The van der Waals surface area contributed by atoms with Crippen LogP contribution in [0.15, 0.2) is 48.7 Å². The van der Waals surface area contributed by atoms with Gasteiger partial charge in [-0.2, -0.15) is 0 Å². The van der Waals surface area contributed by atoms with Crippen LogP contribution in [0.2, 0.25) is 0 Å². The second kappa shape index (κ2) is 9.83. The van der Waals surface area contributed by atoms with Crippen molar-refractivity contribution >= 4 is 32.3 Å². The number of benzene rings is 2. The second-order valence-corrected chi connectivity index (χ2v) is 10.2. The Bertz CT molecular complexity index is 1130. The van der Waals surface area contributed by atoms with Gasteiger partial charge < -0.3 is 14.6 Å². The van der Waals surface area contributed by atoms with Gasteiger partial charge in [-0.15, -0.1) is 0 Å². The summed E-state index contributed by atoms with van der Waals surface area (Å²) >= 11 is 0. The largest absolute Gasteiger partial charge is 0.497 e. The zero-order valence-electron chi connectivity index (χ0n) is 18.8. The number of hydrogen-bond donors (Lipinski definition) is 2. The summed E-state index contributed by atoms with van der Waals surface area (Å²) in [6.07, 6.45) is 6.45. The third-order valence-corrected chi connectivity index (χ3v) is 6.66. The van der Waals surface area contributed by atoms with E-state index in [1.165, 1.54) is 17.5 Å². The summed E-state index contributed by atoms with van der Waals surface area (Å²) in [6, 6.07) is 13.9. The van der Waals surface area contributed by atoms with Crippen LogP contribution in [0.1, 0.15) is 18.4 Å². The topological polar surface area (TPSA) is 77.7 Å². The molecular weight excluding hydrogens is 424 g/mol. The molecule has 1 saturated heterocycles. The molecule has 0 unspecified atom stereocenters. The molecule has 0 spiro atoms. The van der Waals surface area contributed by atoms with Gasteiger partial charge in [0.25, 0.3) is 0 Å². The zero-order chi connectivity index (χ0) is 22.6. The minimum absolute atomic E-state index is 0.607. The van der Waals surface area contributed by atoms with E-state index in [-0.39, 0.29) is 0 Å². The number of methoxy groups -OCH3 is 1. The van der Waals surface area contributed by atoms with Gasteiger partial charge in [0.15, 0.2) is 0 Å². The Balaban J connectivity index is 1.23. The third-order valence-electron chi connectivity index (χ3n) is 6.05. The number of H-pyrrole nitrogens is 1. The van der Waals surface area contributed by atoms with Crippen molar-refractivity contribution in [3.05, 3.63) is 54.2 Å². The minimum Gasteiger partial charge on any atom is -0.497 e. The number of aromatic nitrogens is 1. The standard InChI is InChI=1S/C24H32N4O3S/c1-31-22-9-7-21(8-10-22)28-15-13-27(14-16-28)12-4-3-5-19-18-25-24-11-6-20(17-23(19)24)26-32(2,29)30/h6-11,17-18,25-26H,3-5,12-16H2,1-2H3. The fraction of sp³-hybridized carbons (Fsp3) is 0.417. The molecule has 2 N–H and O–H groups in total. The van der Waals surface area contributed by atoms with E-state index in [0.717, 1.165) is 68.6 Å². The van der Waals surface area contributed by atoms with E-state index in [9.17, 15) is 8.42 Å². The van der Waals surface area contributed by atoms with Crippen LogP contribution < -0.4 is 14.4 Å². The van der Waals surface area contributed by atoms with Gasteiger partial charge in [0.05, 0.1) is 13.4 Å². The average molecular weight is 457 g/mol. The van der Waals surface area contributed by atoms with Crippen molar-refractivity contribution in [1.29, 1.82) is 0 Å². The number of ether oxygens (including phenoxy) is 1. The number of hydrogen-bond acceptors (Lipinski definition) is 5. The molecule has 172 valence electrons. The number of fused-ring (bicyclic) bond motifs is 1. The van der Waals surface area contributed by atoms with Gasteiger partial charge in [0.2, 0.25) is 10.0 Å². The molecular formula is C24H32N4O3S. The molecule has 0 saturated carbocycles. The highest BCUT2D eigenvalue weighted by molar-refractivity contribution is 7.92. The number of rotatable bonds is 9. The maximum Gasteiger partial charge on any atom is 0.229 e. The summed E-state index contributed by atoms with van der Waals surface area (Å²) in [5.74, 6) is 0.894. The lowest BCUT2D eigenvalue weighted by Gasteiger charge is -2.36. The first-order valence-electron chi connectivity index (χ1n) is 11.1. The first-order chi connectivity index (χ1) is 15.4. The summed E-state index contributed by atoms with van der Waals surface area (Å²) in [5, 5.41) is 1.09. The predicted molar refractivity (Wildman–Crippen MR) is 131 cm³/mol. The summed E-state index contributed by atoms with van der Waals surface area (Å²) < 4.78 is 30.8. The Labute approximate surface area is 190 Å². The predicted octanol–water partition coefficient (Wildman–Crippen LogP) is 3.69. The smallest absolute Gasteiger partial charge is 0.229 e. The molecule has 32 heavy (non-hydrogen) atoms. The Kier molecular flexibility index (Phi) is 6.91. The fourth-order valence-electron chi connectivity index (χ4n) is 4.34. The molecule has 8 heteroatoms. The van der Waals surface area contributed by atoms with Gasteiger partial charge in [-0.05, 0) is 73.8 Å². The van der Waals surface area contributed by atoms with Gasteiger partial charge in [-0.25, -0.2) is 8.42 Å². The van der Waals surface area contributed by atoms with Crippen molar-refractivity contribution in [2.24, 2.45) is 0 Å². The van der Waals surface area contributed by atoms with Crippen LogP contribution >= 0.6 is 0 Å².